The van der Waals surface area contributed by atoms with Gasteiger partial charge in [-0.3, -0.25) is 9.36 Å². The molecule has 2 aliphatic rings. The van der Waals surface area contributed by atoms with E-state index >= 15 is 0 Å². The lowest BCUT2D eigenvalue weighted by Gasteiger charge is -2.26. The topological polar surface area (TPSA) is 183 Å². The lowest BCUT2D eigenvalue weighted by molar-refractivity contribution is -0.139. The number of carbonyl (C=O) groups excluding carboxylic acids is 1. The first kappa shape index (κ1) is 16.1. The van der Waals surface area contributed by atoms with Crippen LogP contribution in [0.5, 0.6) is 0 Å². The number of ether oxygens (including phenoxy) is 1. The van der Waals surface area contributed by atoms with Gasteiger partial charge in [0.25, 0.3) is 0 Å². The van der Waals surface area contributed by atoms with Crippen LogP contribution < -0.4 is 11.5 Å². The van der Waals surface area contributed by atoms with E-state index in [1.807, 2.05) is 0 Å². The van der Waals surface area contributed by atoms with Crippen LogP contribution in [0.1, 0.15) is 19.1 Å². The summed E-state index contributed by atoms with van der Waals surface area (Å²) >= 11 is 0. The molecule has 0 bridgehead atoms. The van der Waals surface area contributed by atoms with Crippen molar-refractivity contribution in [2.75, 3.05) is 5.73 Å². The van der Waals surface area contributed by atoms with Crippen molar-refractivity contribution in [1.82, 2.24) is 19.5 Å². The quantitative estimate of drug-likeness (QED) is 0.403. The predicted octanol–water partition coefficient (Wildman–Crippen LogP) is -2.35. The Morgan fingerprint density at radius 1 is 1.32 bits per heavy atom. The summed E-state index contributed by atoms with van der Waals surface area (Å²) < 4.78 is 7.08. The third kappa shape index (κ3) is 2.20. The Hall–Kier alpha value is -2.34. The second-order valence-electron chi connectivity index (χ2n) is 6.52. The van der Waals surface area contributed by atoms with E-state index in [1.54, 1.807) is 0 Å². The van der Waals surface area contributed by atoms with E-state index in [0.29, 0.717) is 24.0 Å². The number of hydrogen-bond donors (Lipinski definition) is 5. The van der Waals surface area contributed by atoms with Crippen molar-refractivity contribution in [3.8, 4) is 0 Å². The lowest BCUT2D eigenvalue weighted by Crippen LogP contribution is -2.47. The fourth-order valence-corrected chi connectivity index (χ4v) is 3.37. The Morgan fingerprint density at radius 2 is 2.04 bits per heavy atom. The average Bonchev–Trinajstić information content (AvgIpc) is 3.22. The number of anilines is 1. The minimum Gasteiger partial charge on any atom is -0.389 e. The van der Waals surface area contributed by atoms with Gasteiger partial charge in [0.1, 0.15) is 30.2 Å². The van der Waals surface area contributed by atoms with E-state index in [4.69, 9.17) is 16.2 Å². The molecule has 1 saturated heterocycles. The van der Waals surface area contributed by atoms with Crippen LogP contribution in [0.3, 0.4) is 0 Å². The molecule has 1 amide bonds. The minimum atomic E-state index is -1.41. The van der Waals surface area contributed by atoms with Crippen molar-refractivity contribution in [1.29, 1.82) is 0 Å². The van der Waals surface area contributed by atoms with Gasteiger partial charge in [0.15, 0.2) is 17.7 Å². The number of aliphatic hydroxyl groups excluding tert-OH is 3. The molecule has 7 N–H and O–H groups in total. The largest absolute Gasteiger partial charge is 0.389 e. The van der Waals surface area contributed by atoms with Crippen molar-refractivity contribution in [3.05, 3.63) is 12.7 Å². The number of rotatable bonds is 4. The fourth-order valence-electron chi connectivity index (χ4n) is 3.37. The molecule has 1 saturated carbocycles. The molecule has 1 aliphatic carbocycles. The molecule has 4 rings (SSSR count). The molecule has 11 heteroatoms. The van der Waals surface area contributed by atoms with Crippen LogP contribution in [0.15, 0.2) is 12.7 Å². The Labute approximate surface area is 141 Å². The molecular formula is C14H18N6O5. The summed E-state index contributed by atoms with van der Waals surface area (Å²) in [7, 11) is 0. The number of aliphatic hydroxyl groups is 3. The number of primary amides is 1. The first-order valence-corrected chi connectivity index (χ1v) is 7.79. The van der Waals surface area contributed by atoms with Crippen LogP contribution in [0.25, 0.3) is 11.2 Å². The summed E-state index contributed by atoms with van der Waals surface area (Å²) in [5.74, 6) is -0.485. The number of aromatic nitrogens is 4. The lowest BCUT2D eigenvalue weighted by atomic mass is 9.91. The van der Waals surface area contributed by atoms with E-state index in [9.17, 15) is 20.1 Å². The maximum Gasteiger partial charge on any atom is 0.226 e. The molecule has 3 heterocycles. The molecule has 2 aromatic heterocycles. The summed E-state index contributed by atoms with van der Waals surface area (Å²) in [4.78, 5) is 23.6. The van der Waals surface area contributed by atoms with Gasteiger partial charge < -0.3 is 31.5 Å². The fraction of sp³-hybridized carbons (Fsp3) is 0.571. The molecule has 1 aliphatic heterocycles. The number of nitrogen functional groups attached to an aromatic ring is 1. The van der Waals surface area contributed by atoms with E-state index < -0.39 is 42.0 Å². The molecule has 1 unspecified atom stereocenters. The number of hydrogen-bond acceptors (Lipinski definition) is 9. The number of carbonyl (C=O) groups is 1. The molecule has 5 atom stereocenters. The van der Waals surface area contributed by atoms with Crippen LogP contribution in [-0.2, 0) is 9.53 Å². The van der Waals surface area contributed by atoms with E-state index in [1.165, 1.54) is 17.2 Å². The number of amides is 1. The summed E-state index contributed by atoms with van der Waals surface area (Å²) in [6.07, 6.45) is -2.91. The van der Waals surface area contributed by atoms with Gasteiger partial charge in [-0.05, 0) is 12.8 Å². The number of nitrogens with two attached hydrogens (primary N) is 2. The zero-order valence-corrected chi connectivity index (χ0v) is 13.1. The minimum absolute atomic E-state index is 0.166. The first-order chi connectivity index (χ1) is 11.9. The SMILES string of the molecule is NC(=O)C1(C(O)[C@H]2O[C@@H](n3cnc4c(N)ncnc43)[C@H](O)[C@@H]2O)CC1. The first-order valence-electron chi connectivity index (χ1n) is 7.79. The van der Waals surface area contributed by atoms with Gasteiger partial charge in [-0.2, -0.15) is 0 Å². The summed E-state index contributed by atoms with van der Waals surface area (Å²) in [6.45, 7) is 0. The molecular weight excluding hydrogens is 332 g/mol. The highest BCUT2D eigenvalue weighted by molar-refractivity contribution is 5.84. The average molecular weight is 350 g/mol. The molecule has 0 spiro atoms. The molecule has 0 radical (unpaired) electrons. The molecule has 0 aromatic carbocycles. The van der Waals surface area contributed by atoms with Gasteiger partial charge in [-0.25, -0.2) is 15.0 Å². The molecule has 11 nitrogen and oxygen atoms in total. The van der Waals surface area contributed by atoms with E-state index in [2.05, 4.69) is 15.0 Å². The monoisotopic (exact) mass is 350 g/mol. The van der Waals surface area contributed by atoms with E-state index in [-0.39, 0.29) is 5.82 Å². The second kappa shape index (κ2) is 5.33. The third-order valence-corrected chi connectivity index (χ3v) is 5.09. The summed E-state index contributed by atoms with van der Waals surface area (Å²) in [6, 6.07) is 0. The summed E-state index contributed by atoms with van der Waals surface area (Å²) in [5, 5.41) is 31.2. The normalized spacial score (nSPS) is 32.0. The Morgan fingerprint density at radius 3 is 2.68 bits per heavy atom. The van der Waals surface area contributed by atoms with Crippen LogP contribution >= 0.6 is 0 Å². The maximum atomic E-state index is 11.6. The highest BCUT2D eigenvalue weighted by atomic mass is 16.6. The van der Waals surface area contributed by atoms with Gasteiger partial charge in [0.05, 0.1) is 17.8 Å². The molecule has 2 aromatic rings. The number of nitrogens with zero attached hydrogens (tertiary/aromatic N) is 4. The highest BCUT2D eigenvalue weighted by Crippen LogP contribution is 2.51. The molecule has 2 fully saturated rings. The number of imidazole rings is 1. The smallest absolute Gasteiger partial charge is 0.226 e. The Kier molecular flexibility index (Phi) is 3.44. The van der Waals surface area contributed by atoms with Crippen LogP contribution in [0, 0.1) is 5.41 Å². The Bertz CT molecular complexity index is 836. The molecule has 134 valence electrons. The van der Waals surface area contributed by atoms with Crippen molar-refractivity contribution in [3.63, 3.8) is 0 Å². The second-order valence-corrected chi connectivity index (χ2v) is 6.52. The van der Waals surface area contributed by atoms with Gasteiger partial charge in [-0.1, -0.05) is 0 Å². The Balaban J connectivity index is 1.66. The zero-order chi connectivity index (χ0) is 17.9. The molecule has 25 heavy (non-hydrogen) atoms. The van der Waals surface area contributed by atoms with Gasteiger partial charge in [-0.15, -0.1) is 0 Å². The summed E-state index contributed by atoms with van der Waals surface area (Å²) in [5.41, 5.74) is 10.6. The third-order valence-electron chi connectivity index (χ3n) is 5.09. The van der Waals surface area contributed by atoms with Crippen molar-refractivity contribution in [2.24, 2.45) is 11.1 Å². The van der Waals surface area contributed by atoms with Gasteiger partial charge >= 0.3 is 0 Å². The van der Waals surface area contributed by atoms with Gasteiger partial charge in [0, 0.05) is 0 Å². The van der Waals surface area contributed by atoms with Crippen molar-refractivity contribution in [2.45, 2.75) is 43.5 Å². The van der Waals surface area contributed by atoms with E-state index in [0.717, 1.165) is 0 Å². The standard InChI is InChI=1S/C14H18N6O5/c15-10-5-11(18-3-17-10)20(4-19-5)12-7(22)6(21)8(25-12)9(23)14(1-2-14)13(16)24/h3-4,6-9,12,21-23H,1-2H2,(H2,16,24)(H2,15,17,18)/t6-,7+,8-,9?,12+/m0/s1. The van der Waals surface area contributed by atoms with Crippen molar-refractivity contribution >= 4 is 22.9 Å². The van der Waals surface area contributed by atoms with Crippen LogP contribution in [0.2, 0.25) is 0 Å². The van der Waals surface area contributed by atoms with Crippen molar-refractivity contribution < 1.29 is 24.9 Å². The maximum absolute atomic E-state index is 11.6. The van der Waals surface area contributed by atoms with Gasteiger partial charge in [0.2, 0.25) is 5.91 Å². The zero-order valence-electron chi connectivity index (χ0n) is 13.1. The van der Waals surface area contributed by atoms with Crippen LogP contribution in [0.4, 0.5) is 5.82 Å². The predicted molar refractivity (Wildman–Crippen MR) is 82.5 cm³/mol. The highest BCUT2D eigenvalue weighted by Gasteiger charge is 2.61. The number of fused-ring (bicyclic) bond motifs is 1. The van der Waals surface area contributed by atoms with Crippen LogP contribution in [-0.4, -0.2) is 65.2 Å².